The molecule has 9 heterocycles. The topological polar surface area (TPSA) is 277 Å². The number of benzene rings is 2. The molecule has 432 valence electrons. The molecule has 0 spiro atoms. The van der Waals surface area contributed by atoms with Crippen LogP contribution in [0.2, 0.25) is 0 Å². The summed E-state index contributed by atoms with van der Waals surface area (Å²) in [6, 6.07) is 23.8. The summed E-state index contributed by atoms with van der Waals surface area (Å²) in [5.41, 5.74) is 9.26. The molecule has 0 aliphatic carbocycles. The molecule has 0 bridgehead atoms. The number of carbonyl (C=O) groups is 3. The van der Waals surface area contributed by atoms with Crippen molar-refractivity contribution >= 4 is 109 Å². The smallest absolute Gasteiger partial charge is 0.224 e. The lowest BCUT2D eigenvalue weighted by Gasteiger charge is -2.23. The highest BCUT2D eigenvalue weighted by atomic mass is 16.5. The molecule has 24 nitrogen and oxygen atoms in total. The molecule has 0 radical (unpaired) electrons. The van der Waals surface area contributed by atoms with Crippen molar-refractivity contribution in [3.05, 3.63) is 121 Å². The van der Waals surface area contributed by atoms with E-state index in [4.69, 9.17) is 14.1 Å². The molecular weight excluding hydrogens is 1050 g/mol. The van der Waals surface area contributed by atoms with Gasteiger partial charge in [-0.2, -0.15) is 28.8 Å². The minimum absolute atomic E-state index is 0.0259. The number of amides is 3. The predicted octanol–water partition coefficient (Wildman–Crippen LogP) is 10.8. The van der Waals surface area contributed by atoms with Crippen LogP contribution in [0, 0.1) is 6.92 Å². The fraction of sp³-hybridized carbons (Fsp3) is 0.322. The van der Waals surface area contributed by atoms with E-state index in [0.29, 0.717) is 70.9 Å². The van der Waals surface area contributed by atoms with Gasteiger partial charge in [0.05, 0.1) is 49.0 Å². The number of nitrogens with zero attached hydrogens (tertiary/aromatic N) is 11. The number of ether oxygens (including phenoxy) is 1. The number of hydrogen-bond donors (Lipinski definition) is 8. The largest absolute Gasteiger partial charge is 0.495 e. The van der Waals surface area contributed by atoms with Crippen LogP contribution in [0.3, 0.4) is 0 Å². The highest BCUT2D eigenvalue weighted by molar-refractivity contribution is 5.97. The van der Waals surface area contributed by atoms with Crippen LogP contribution in [0.5, 0.6) is 5.75 Å². The Labute approximate surface area is 480 Å². The Bertz CT molecular complexity index is 3920. The highest BCUT2D eigenvalue weighted by Gasteiger charge is 2.34. The van der Waals surface area contributed by atoms with E-state index in [1.165, 1.54) is 5.56 Å². The second kappa shape index (κ2) is 26.1. The number of nitrogens with one attached hydrogen (secondary N) is 8. The summed E-state index contributed by atoms with van der Waals surface area (Å²) in [5, 5.41) is 38.8. The van der Waals surface area contributed by atoms with Crippen LogP contribution < -0.4 is 52.2 Å². The van der Waals surface area contributed by atoms with E-state index in [9.17, 15) is 14.4 Å². The van der Waals surface area contributed by atoms with Crippen molar-refractivity contribution in [3.8, 4) is 5.75 Å². The number of aromatic nitrogens is 10. The molecule has 1 aliphatic rings. The monoisotopic (exact) mass is 1130 g/mol. The van der Waals surface area contributed by atoms with Crippen molar-refractivity contribution in [2.75, 3.05) is 82.2 Å². The van der Waals surface area contributed by atoms with Gasteiger partial charge in [0.2, 0.25) is 17.7 Å². The number of furan rings is 1. The van der Waals surface area contributed by atoms with Crippen molar-refractivity contribution in [2.45, 2.75) is 92.0 Å². The molecule has 0 saturated carbocycles. The maximum atomic E-state index is 12.1. The first kappa shape index (κ1) is 57.7. The Morgan fingerprint density at radius 3 is 1.69 bits per heavy atom. The first-order valence-electron chi connectivity index (χ1n) is 27.7. The average molecular weight is 1130 g/mol. The van der Waals surface area contributed by atoms with Crippen LogP contribution >= 0.6 is 0 Å². The van der Waals surface area contributed by atoms with Crippen molar-refractivity contribution < 1.29 is 23.5 Å². The van der Waals surface area contributed by atoms with Gasteiger partial charge in [0.15, 0.2) is 16.9 Å². The van der Waals surface area contributed by atoms with Gasteiger partial charge in [0.25, 0.3) is 0 Å². The van der Waals surface area contributed by atoms with E-state index in [1.807, 2.05) is 122 Å². The van der Waals surface area contributed by atoms with Gasteiger partial charge in [-0.05, 0) is 82.0 Å². The van der Waals surface area contributed by atoms with E-state index >= 15 is 0 Å². The highest BCUT2D eigenvalue weighted by Crippen LogP contribution is 2.40. The molecule has 0 saturated heterocycles. The molecule has 8 aromatic heterocycles. The minimum atomic E-state index is -0.0566. The van der Waals surface area contributed by atoms with Crippen molar-refractivity contribution in [1.29, 1.82) is 0 Å². The lowest BCUT2D eigenvalue weighted by molar-refractivity contribution is -0.117. The maximum Gasteiger partial charge on any atom is 0.224 e. The molecule has 8 N–H and O–H groups in total. The summed E-state index contributed by atoms with van der Waals surface area (Å²) in [6.45, 7) is 13.1. The minimum Gasteiger partial charge on any atom is -0.495 e. The second-order valence-corrected chi connectivity index (χ2v) is 20.0. The van der Waals surface area contributed by atoms with E-state index in [-0.39, 0.29) is 23.6 Å². The van der Waals surface area contributed by atoms with E-state index in [1.54, 1.807) is 45.5 Å². The van der Waals surface area contributed by atoms with Gasteiger partial charge in [-0.3, -0.25) is 14.4 Å². The number of rotatable bonds is 19. The summed E-state index contributed by atoms with van der Waals surface area (Å²) in [5.74, 6) is 5.27. The number of carbonyl (C=O) groups excluding carboxylic acids is 3. The second-order valence-electron chi connectivity index (χ2n) is 20.0. The van der Waals surface area contributed by atoms with Gasteiger partial charge in [0, 0.05) is 94.3 Å². The van der Waals surface area contributed by atoms with Crippen molar-refractivity contribution in [3.63, 3.8) is 0 Å². The van der Waals surface area contributed by atoms with E-state index in [0.717, 1.165) is 88.4 Å². The first-order valence-corrected chi connectivity index (χ1v) is 27.7. The number of fused-ring (bicyclic) bond motifs is 5. The molecule has 11 rings (SSSR count). The van der Waals surface area contributed by atoms with Crippen LogP contribution in [0.1, 0.15) is 95.9 Å². The van der Waals surface area contributed by atoms with Crippen molar-refractivity contribution in [1.82, 2.24) is 48.8 Å². The first-order chi connectivity index (χ1) is 40.3. The van der Waals surface area contributed by atoms with Crippen LogP contribution in [-0.2, 0) is 14.4 Å². The van der Waals surface area contributed by atoms with Crippen LogP contribution in [0.25, 0.3) is 27.9 Å². The van der Waals surface area contributed by atoms with Gasteiger partial charge >= 0.3 is 0 Å². The molecular formula is C59H71N19O5. The van der Waals surface area contributed by atoms with Crippen molar-refractivity contribution in [2.24, 2.45) is 0 Å². The molecule has 1 aliphatic heterocycles. The van der Waals surface area contributed by atoms with Crippen LogP contribution in [0.4, 0.5) is 63.3 Å². The third kappa shape index (κ3) is 12.8. The molecule has 83 heavy (non-hydrogen) atoms. The van der Waals surface area contributed by atoms with Crippen LogP contribution in [0.15, 0.2) is 108 Å². The number of aryl methyl sites for hydroxylation is 1. The average Bonchev–Trinajstić information content (AvgIpc) is 3.05. The Morgan fingerprint density at radius 1 is 0.639 bits per heavy atom. The van der Waals surface area contributed by atoms with Gasteiger partial charge < -0.3 is 56.6 Å². The zero-order valence-electron chi connectivity index (χ0n) is 48.4. The molecule has 1 atom stereocenters. The zero-order valence-corrected chi connectivity index (χ0v) is 48.4. The number of methoxy groups -OCH3 is 1. The Hall–Kier alpha value is -10.0. The van der Waals surface area contributed by atoms with Gasteiger partial charge in [-0.25, -0.2) is 19.9 Å². The summed E-state index contributed by atoms with van der Waals surface area (Å²) in [4.78, 5) is 57.2. The number of pyridine rings is 1. The van der Waals surface area contributed by atoms with Gasteiger partial charge in [-0.1, -0.05) is 39.0 Å². The van der Waals surface area contributed by atoms with E-state index in [2.05, 4.69) is 97.6 Å². The quantitative estimate of drug-likeness (QED) is 0.0374. The molecule has 24 heteroatoms. The lowest BCUT2D eigenvalue weighted by Crippen LogP contribution is -2.30. The number of hydrogen-bond acceptors (Lipinski definition) is 18. The Balaban J connectivity index is 0.000000150. The third-order valence-electron chi connectivity index (χ3n) is 13.7. The summed E-state index contributed by atoms with van der Waals surface area (Å²) in [7, 11) is 7.11. The molecule has 10 aromatic rings. The normalized spacial score (nSPS) is 12.6. The predicted molar refractivity (Wildman–Crippen MR) is 327 cm³/mol. The summed E-state index contributed by atoms with van der Waals surface area (Å²) in [6.07, 6.45) is 12.1. The summed E-state index contributed by atoms with van der Waals surface area (Å²) < 4.78 is 15.9. The zero-order chi connectivity index (χ0) is 58.7. The maximum absolute atomic E-state index is 12.1. The number of anilines is 11. The Morgan fingerprint density at radius 2 is 1.17 bits per heavy atom. The Kier molecular flexibility index (Phi) is 18.1. The molecule has 3 amide bonds. The molecule has 1 unspecified atom stereocenters. The fourth-order valence-electron chi connectivity index (χ4n) is 9.64. The molecule has 2 aromatic carbocycles. The van der Waals surface area contributed by atoms with Gasteiger partial charge in [0.1, 0.15) is 63.3 Å². The third-order valence-corrected chi connectivity index (χ3v) is 13.7. The van der Waals surface area contributed by atoms with Gasteiger partial charge in [-0.15, -0.1) is 0 Å². The molecule has 0 fully saturated rings. The van der Waals surface area contributed by atoms with E-state index < -0.39 is 0 Å². The lowest BCUT2D eigenvalue weighted by atomic mass is 9.99. The fourth-order valence-corrected chi connectivity index (χ4v) is 9.64. The summed E-state index contributed by atoms with van der Waals surface area (Å²) >= 11 is 0. The SMILES string of the molecule is CCCC(=O)Nc1cnn2c(NC)cc(C3CN(C(C)C)c4ncccc43)nc12.CCCC(=O)Nc1cnn2c(NC)cc(Nc3cc(C)ccc3OC)nc12.CCCC(=O)Nc1cnn2c(NC)cc(Nc3cccc4occc34)nc12. The standard InChI is InChI=1S/C21H27N7O.C19H20N6O2.C19H24N6O2/c1-5-7-19(29)25-17-11-24-28-18(22-4)10-16(26-21(17)28)15-12-27(13(2)3)20-14(15)8-6-9-23-20;1-3-5-18(26)23-14-11-21-25-17(20-2)10-16(24-19(14)25)22-13-6-4-7-15-12(13)8-9-27-15;1-5-6-18(26)23-14-11-21-25-17(20-3)10-16(24-19(14)25)22-13-9-12(2)7-8-15(13)27-4/h6,8-11,13,15,22H,5,7,12H2,1-4H3,(H,25,29);4,6-11,20H,3,5H2,1-2H3,(H,22,24)(H,23,26);7-11,20H,5-6H2,1-4H3,(H,22,24)(H,23,26). The van der Waals surface area contributed by atoms with Crippen LogP contribution in [-0.4, -0.2) is 107 Å².